The minimum Gasteiger partial charge on any atom is -0.466 e. The first-order chi connectivity index (χ1) is 13.4. The summed E-state index contributed by atoms with van der Waals surface area (Å²) in [6.45, 7) is 0.420. The maximum atomic E-state index is 13.6. The summed E-state index contributed by atoms with van der Waals surface area (Å²) < 4.78 is 19.7. The highest BCUT2D eigenvalue weighted by atomic mass is 19.1. The fraction of sp³-hybridized carbons (Fsp3) is 0.364. The summed E-state index contributed by atoms with van der Waals surface area (Å²) >= 11 is 0. The van der Waals surface area contributed by atoms with E-state index in [4.69, 9.17) is 4.74 Å². The largest absolute Gasteiger partial charge is 0.466 e. The molecule has 0 radical (unpaired) electrons. The fourth-order valence-corrected chi connectivity index (χ4v) is 3.88. The number of hydrogen-bond donors (Lipinski definition) is 2. The lowest BCUT2D eigenvalue weighted by Gasteiger charge is -2.49. The molecule has 1 aliphatic heterocycles. The molecule has 0 saturated heterocycles. The number of ether oxygens (including phenoxy) is 1. The van der Waals surface area contributed by atoms with Crippen LogP contribution < -0.4 is 0 Å². The summed E-state index contributed by atoms with van der Waals surface area (Å²) in [7, 11) is 3.94. The van der Waals surface area contributed by atoms with Crippen molar-refractivity contribution in [2.24, 2.45) is 0 Å². The molecule has 2 aromatic carbocycles. The van der Waals surface area contributed by atoms with Crippen LogP contribution in [-0.4, -0.2) is 47.4 Å². The van der Waals surface area contributed by atoms with Crippen molar-refractivity contribution in [2.45, 2.75) is 24.2 Å². The Morgan fingerprint density at radius 2 is 1.79 bits per heavy atom. The summed E-state index contributed by atoms with van der Waals surface area (Å²) in [4.78, 5) is 3.61. The van der Waals surface area contributed by atoms with E-state index >= 15 is 0 Å². The molecule has 2 atom stereocenters. The second-order valence-corrected chi connectivity index (χ2v) is 7.30. The summed E-state index contributed by atoms with van der Waals surface area (Å²) in [6.07, 6.45) is 4.12. The highest BCUT2D eigenvalue weighted by molar-refractivity contribution is 5.36. The van der Waals surface area contributed by atoms with Crippen LogP contribution in [0.4, 0.5) is 4.39 Å². The van der Waals surface area contributed by atoms with Crippen LogP contribution >= 0.6 is 0 Å². The van der Waals surface area contributed by atoms with Gasteiger partial charge in [0.25, 0.3) is 0 Å². The molecule has 1 aliphatic rings. The fourth-order valence-electron chi connectivity index (χ4n) is 3.88. The molecule has 28 heavy (non-hydrogen) atoms. The minimum absolute atomic E-state index is 0.345. The highest BCUT2D eigenvalue weighted by Crippen LogP contribution is 2.51. The van der Waals surface area contributed by atoms with Crippen LogP contribution in [0.15, 0.2) is 67.1 Å². The molecule has 0 amide bonds. The van der Waals surface area contributed by atoms with Gasteiger partial charge in [-0.15, -0.1) is 0 Å². The summed E-state index contributed by atoms with van der Waals surface area (Å²) in [5.74, 6) is -0.377. The molecule has 5 nitrogen and oxygen atoms in total. The van der Waals surface area contributed by atoms with Gasteiger partial charge in [-0.25, -0.2) is 4.39 Å². The standard InChI is InChI=1S/C22H27FN2O3/c1-24(2)14-6-13-21(27,18-9-11-20(23)12-10-18)22(19-7-4-3-5-8-19)25(17-26)15-16-28-22/h3-5,7-12,15-16,26-27H,6,13-14,17H2,1-2H3. The van der Waals surface area contributed by atoms with Gasteiger partial charge in [-0.05, 0) is 51.2 Å². The molecule has 0 fully saturated rings. The molecule has 2 aromatic rings. The van der Waals surface area contributed by atoms with Crippen molar-refractivity contribution in [3.05, 3.63) is 84.0 Å². The Morgan fingerprint density at radius 1 is 1.11 bits per heavy atom. The zero-order chi connectivity index (χ0) is 20.2. The SMILES string of the molecule is CN(C)CCCC(O)(c1ccc(F)cc1)C1(c2ccccc2)OC=CN1CO. The molecular weight excluding hydrogens is 359 g/mol. The molecule has 3 rings (SSSR count). The molecule has 2 N–H and O–H groups in total. The number of benzene rings is 2. The first kappa shape index (κ1) is 20.3. The van der Waals surface area contributed by atoms with E-state index in [9.17, 15) is 14.6 Å². The molecule has 150 valence electrons. The van der Waals surface area contributed by atoms with Gasteiger partial charge >= 0.3 is 0 Å². The van der Waals surface area contributed by atoms with Crippen molar-refractivity contribution in [3.8, 4) is 0 Å². The Hall–Kier alpha value is -2.41. The number of aliphatic hydroxyl groups is 2. The second-order valence-electron chi connectivity index (χ2n) is 7.30. The molecule has 2 unspecified atom stereocenters. The molecule has 0 bridgehead atoms. The van der Waals surface area contributed by atoms with Gasteiger partial charge in [-0.2, -0.15) is 0 Å². The van der Waals surface area contributed by atoms with E-state index in [1.54, 1.807) is 23.2 Å². The average Bonchev–Trinajstić information content (AvgIpc) is 3.14. The summed E-state index contributed by atoms with van der Waals surface area (Å²) in [5.41, 5.74) is -1.68. The third-order valence-electron chi connectivity index (χ3n) is 5.23. The highest BCUT2D eigenvalue weighted by Gasteiger charge is 2.59. The van der Waals surface area contributed by atoms with Crippen LogP contribution in [0.25, 0.3) is 0 Å². The first-order valence-corrected chi connectivity index (χ1v) is 9.35. The first-order valence-electron chi connectivity index (χ1n) is 9.35. The lowest BCUT2D eigenvalue weighted by molar-refractivity contribution is -0.238. The van der Waals surface area contributed by atoms with E-state index in [1.165, 1.54) is 18.4 Å². The predicted molar refractivity (Wildman–Crippen MR) is 105 cm³/mol. The normalized spacial score (nSPS) is 21.0. The van der Waals surface area contributed by atoms with E-state index in [1.807, 2.05) is 49.3 Å². The van der Waals surface area contributed by atoms with Gasteiger partial charge in [0.05, 0.1) is 0 Å². The Balaban J connectivity index is 2.15. The minimum atomic E-state index is -1.54. The Morgan fingerprint density at radius 3 is 2.39 bits per heavy atom. The maximum absolute atomic E-state index is 13.6. The number of rotatable bonds is 8. The van der Waals surface area contributed by atoms with Crippen LogP contribution in [-0.2, 0) is 16.1 Å². The lowest BCUT2D eigenvalue weighted by atomic mass is 9.75. The van der Waals surface area contributed by atoms with Crippen molar-refractivity contribution >= 4 is 0 Å². The van der Waals surface area contributed by atoms with E-state index < -0.39 is 11.3 Å². The smallest absolute Gasteiger partial charge is 0.243 e. The summed E-state index contributed by atoms with van der Waals surface area (Å²) in [6, 6.07) is 15.1. The molecule has 0 saturated carbocycles. The number of halogens is 1. The van der Waals surface area contributed by atoms with Crippen LogP contribution in [0.5, 0.6) is 0 Å². The van der Waals surface area contributed by atoms with Gasteiger partial charge in [0.2, 0.25) is 5.72 Å². The number of hydrogen-bond acceptors (Lipinski definition) is 5. The Kier molecular flexibility index (Phi) is 6.03. The van der Waals surface area contributed by atoms with Crippen molar-refractivity contribution in [3.63, 3.8) is 0 Å². The molecular formula is C22H27FN2O3. The van der Waals surface area contributed by atoms with Gasteiger partial charge in [0.15, 0.2) is 5.60 Å². The lowest BCUT2D eigenvalue weighted by Crippen LogP contribution is -2.58. The van der Waals surface area contributed by atoms with Gasteiger partial charge < -0.3 is 24.7 Å². The van der Waals surface area contributed by atoms with Gasteiger partial charge in [-0.1, -0.05) is 42.5 Å². The third-order valence-corrected chi connectivity index (χ3v) is 5.23. The monoisotopic (exact) mass is 386 g/mol. The molecule has 6 heteroatoms. The second kappa shape index (κ2) is 8.31. The van der Waals surface area contributed by atoms with E-state index in [0.717, 1.165) is 6.54 Å². The summed E-state index contributed by atoms with van der Waals surface area (Å²) in [5, 5.41) is 22.2. The topological polar surface area (TPSA) is 56.2 Å². The Labute approximate surface area is 165 Å². The van der Waals surface area contributed by atoms with Crippen LogP contribution in [0, 0.1) is 5.82 Å². The van der Waals surface area contributed by atoms with Crippen LogP contribution in [0.2, 0.25) is 0 Å². The average molecular weight is 386 g/mol. The zero-order valence-electron chi connectivity index (χ0n) is 16.3. The van der Waals surface area contributed by atoms with E-state index in [2.05, 4.69) is 0 Å². The predicted octanol–water partition coefficient (Wildman–Crippen LogP) is 2.96. The molecule has 0 aromatic heterocycles. The van der Waals surface area contributed by atoms with E-state index in [0.29, 0.717) is 24.0 Å². The quantitative estimate of drug-likeness (QED) is 0.731. The third kappa shape index (κ3) is 3.51. The van der Waals surface area contributed by atoms with Gasteiger partial charge in [0, 0.05) is 11.8 Å². The van der Waals surface area contributed by atoms with Crippen LogP contribution in [0.1, 0.15) is 24.0 Å². The molecule has 0 spiro atoms. The number of nitrogens with zero attached hydrogens (tertiary/aromatic N) is 2. The van der Waals surface area contributed by atoms with Gasteiger partial charge in [0.1, 0.15) is 18.8 Å². The van der Waals surface area contributed by atoms with Gasteiger partial charge in [-0.3, -0.25) is 0 Å². The van der Waals surface area contributed by atoms with E-state index in [-0.39, 0.29) is 12.5 Å². The Bertz CT molecular complexity index is 797. The number of aliphatic hydroxyl groups excluding tert-OH is 1. The van der Waals surface area contributed by atoms with Crippen molar-refractivity contribution < 1.29 is 19.3 Å². The van der Waals surface area contributed by atoms with Crippen molar-refractivity contribution in [2.75, 3.05) is 27.4 Å². The zero-order valence-corrected chi connectivity index (χ0v) is 16.3. The molecule has 0 aliphatic carbocycles. The molecule has 1 heterocycles. The van der Waals surface area contributed by atoms with Crippen LogP contribution in [0.3, 0.4) is 0 Å². The van der Waals surface area contributed by atoms with Crippen molar-refractivity contribution in [1.29, 1.82) is 0 Å². The van der Waals surface area contributed by atoms with Crippen molar-refractivity contribution in [1.82, 2.24) is 9.80 Å². The maximum Gasteiger partial charge on any atom is 0.243 e.